The maximum Gasteiger partial charge on any atom is 0.407 e. The van der Waals surface area contributed by atoms with Crippen LogP contribution in [0.5, 0.6) is 5.75 Å². The number of rotatable bonds is 10. The van der Waals surface area contributed by atoms with Gasteiger partial charge in [-0.15, -0.1) is 0 Å². The van der Waals surface area contributed by atoms with Gasteiger partial charge >= 0.3 is 6.09 Å². The molecule has 0 radical (unpaired) electrons. The van der Waals surface area contributed by atoms with Gasteiger partial charge in [-0.25, -0.2) is 4.79 Å². The van der Waals surface area contributed by atoms with Crippen molar-refractivity contribution in [2.24, 2.45) is 0 Å². The molecule has 0 fully saturated rings. The van der Waals surface area contributed by atoms with E-state index < -0.39 is 6.09 Å². The second-order valence-corrected chi connectivity index (χ2v) is 7.69. The number of nitrogens with one attached hydrogen (secondary N) is 2. The fraction of sp³-hybridized carbons (Fsp3) is 0.360. The summed E-state index contributed by atoms with van der Waals surface area (Å²) in [6.45, 7) is 7.45. The summed E-state index contributed by atoms with van der Waals surface area (Å²) in [5, 5.41) is 3.93. The molecule has 0 saturated carbocycles. The lowest BCUT2D eigenvalue weighted by molar-refractivity contribution is -0.132. The number of nitrogens with zero attached hydrogens (tertiary/aromatic N) is 1. The largest absolute Gasteiger partial charge is 0.484 e. The molecule has 2 N–H and O–H groups in total. The van der Waals surface area contributed by atoms with Gasteiger partial charge < -0.3 is 24.7 Å². The molecule has 0 aliphatic heterocycles. The van der Waals surface area contributed by atoms with Crippen molar-refractivity contribution in [3.63, 3.8) is 0 Å². The molecule has 7 nitrogen and oxygen atoms in total. The van der Waals surface area contributed by atoms with E-state index in [4.69, 9.17) is 9.47 Å². The van der Waals surface area contributed by atoms with Crippen LogP contribution in [-0.4, -0.2) is 47.6 Å². The number of aromatic amines is 1. The molecule has 0 spiro atoms. The number of carbonyl (C=O) groups excluding carboxylic acids is 2. The van der Waals surface area contributed by atoms with E-state index in [-0.39, 0.29) is 25.2 Å². The van der Waals surface area contributed by atoms with E-state index in [0.29, 0.717) is 25.3 Å². The van der Waals surface area contributed by atoms with Crippen molar-refractivity contribution >= 4 is 22.9 Å². The Bertz CT molecular complexity index is 1030. The molecule has 32 heavy (non-hydrogen) atoms. The van der Waals surface area contributed by atoms with Crippen LogP contribution in [0.3, 0.4) is 0 Å². The standard InChI is InChI=1S/C25H31N3O4/c1-4-28(5-2)24(29)17-31-21-11-12-22-20(15-26-23(22)14-21)13-18(3)27-25(30)32-16-19-9-7-6-8-10-19/h6-12,14-15,18,26H,4-5,13,16-17H2,1-3H3,(H,27,30)/t18-/m1/s1. The molecule has 1 heterocycles. The molecular weight excluding hydrogens is 406 g/mol. The Kier molecular flexibility index (Phi) is 8.14. The molecule has 3 aromatic rings. The smallest absolute Gasteiger partial charge is 0.407 e. The van der Waals surface area contributed by atoms with Gasteiger partial charge in [0.05, 0.1) is 0 Å². The highest BCUT2D eigenvalue weighted by Gasteiger charge is 2.14. The molecule has 2 amide bonds. The van der Waals surface area contributed by atoms with Crippen molar-refractivity contribution in [2.45, 2.75) is 39.8 Å². The normalized spacial score (nSPS) is 11.7. The number of carbonyl (C=O) groups is 2. The number of hydrogen-bond donors (Lipinski definition) is 2. The summed E-state index contributed by atoms with van der Waals surface area (Å²) in [4.78, 5) is 29.2. The van der Waals surface area contributed by atoms with Crippen molar-refractivity contribution in [2.75, 3.05) is 19.7 Å². The third-order valence-corrected chi connectivity index (χ3v) is 5.32. The number of fused-ring (bicyclic) bond motifs is 1. The van der Waals surface area contributed by atoms with Crippen LogP contribution in [0.4, 0.5) is 4.79 Å². The Morgan fingerprint density at radius 2 is 1.84 bits per heavy atom. The van der Waals surface area contributed by atoms with Crippen LogP contribution in [0.15, 0.2) is 54.7 Å². The molecular formula is C25H31N3O4. The second kappa shape index (κ2) is 11.2. The third kappa shape index (κ3) is 6.26. The Morgan fingerprint density at radius 1 is 1.09 bits per heavy atom. The molecule has 1 atom stereocenters. The number of ether oxygens (including phenoxy) is 2. The summed E-state index contributed by atoms with van der Waals surface area (Å²) in [6.07, 6.45) is 2.15. The minimum atomic E-state index is -0.435. The number of hydrogen-bond acceptors (Lipinski definition) is 4. The summed E-state index contributed by atoms with van der Waals surface area (Å²) in [5.41, 5.74) is 2.96. The molecule has 0 unspecified atom stereocenters. The summed E-state index contributed by atoms with van der Waals surface area (Å²) in [7, 11) is 0. The lowest BCUT2D eigenvalue weighted by atomic mass is 10.1. The Balaban J connectivity index is 1.52. The van der Waals surface area contributed by atoms with E-state index in [1.54, 1.807) is 4.90 Å². The van der Waals surface area contributed by atoms with Gasteiger partial charge in [0, 0.05) is 42.3 Å². The van der Waals surface area contributed by atoms with Crippen LogP contribution < -0.4 is 10.1 Å². The van der Waals surface area contributed by atoms with Gasteiger partial charge in [-0.1, -0.05) is 30.3 Å². The first-order valence-corrected chi connectivity index (χ1v) is 11.0. The van der Waals surface area contributed by atoms with E-state index in [2.05, 4.69) is 10.3 Å². The first kappa shape index (κ1) is 23.2. The molecule has 1 aromatic heterocycles. The topological polar surface area (TPSA) is 83.7 Å². The summed E-state index contributed by atoms with van der Waals surface area (Å²) >= 11 is 0. The van der Waals surface area contributed by atoms with Crippen LogP contribution in [0.25, 0.3) is 10.9 Å². The molecule has 3 rings (SSSR count). The Morgan fingerprint density at radius 3 is 2.56 bits per heavy atom. The zero-order valence-electron chi connectivity index (χ0n) is 18.9. The van der Waals surface area contributed by atoms with Crippen molar-refractivity contribution in [1.82, 2.24) is 15.2 Å². The van der Waals surface area contributed by atoms with Gasteiger partial charge in [0.1, 0.15) is 12.4 Å². The van der Waals surface area contributed by atoms with Crippen molar-refractivity contribution < 1.29 is 19.1 Å². The molecule has 170 valence electrons. The lowest BCUT2D eigenvalue weighted by Crippen LogP contribution is -2.34. The molecule has 0 saturated heterocycles. The van der Waals surface area contributed by atoms with Crippen LogP contribution in [0, 0.1) is 0 Å². The number of likely N-dealkylation sites (N-methyl/N-ethyl adjacent to an activating group) is 1. The Labute approximate surface area is 188 Å². The van der Waals surface area contributed by atoms with Gasteiger partial charge in [-0.3, -0.25) is 4.79 Å². The van der Waals surface area contributed by atoms with E-state index in [1.165, 1.54) is 0 Å². The molecule has 7 heteroatoms. The number of alkyl carbamates (subject to hydrolysis) is 1. The van der Waals surface area contributed by atoms with Crippen molar-refractivity contribution in [1.29, 1.82) is 0 Å². The first-order valence-electron chi connectivity index (χ1n) is 11.0. The maximum atomic E-state index is 12.1. The zero-order chi connectivity index (χ0) is 22.9. The van der Waals surface area contributed by atoms with E-state index >= 15 is 0 Å². The highest BCUT2D eigenvalue weighted by molar-refractivity contribution is 5.85. The SMILES string of the molecule is CCN(CC)C(=O)COc1ccc2c(C[C@@H](C)NC(=O)OCc3ccccc3)c[nH]c2c1. The number of amides is 2. The zero-order valence-corrected chi connectivity index (χ0v) is 18.9. The predicted octanol–water partition coefficient (Wildman–Crippen LogP) is 4.27. The average Bonchev–Trinajstić information content (AvgIpc) is 3.19. The quantitative estimate of drug-likeness (QED) is 0.496. The number of H-pyrrole nitrogens is 1. The van der Waals surface area contributed by atoms with E-state index in [0.717, 1.165) is 22.0 Å². The first-order chi connectivity index (χ1) is 15.5. The van der Waals surface area contributed by atoms with Gasteiger partial charge in [-0.2, -0.15) is 0 Å². The summed E-state index contributed by atoms with van der Waals surface area (Å²) in [5.74, 6) is 0.614. The summed E-state index contributed by atoms with van der Waals surface area (Å²) < 4.78 is 11.0. The molecule has 0 aliphatic carbocycles. The van der Waals surface area contributed by atoms with Gasteiger partial charge in [0.25, 0.3) is 5.91 Å². The van der Waals surface area contributed by atoms with Crippen LogP contribution >= 0.6 is 0 Å². The van der Waals surface area contributed by atoms with Crippen molar-refractivity contribution in [3.05, 3.63) is 65.9 Å². The van der Waals surface area contributed by atoms with Gasteiger partial charge in [-0.05, 0) is 50.5 Å². The van der Waals surface area contributed by atoms with Crippen LogP contribution in [-0.2, 0) is 22.6 Å². The van der Waals surface area contributed by atoms with Crippen molar-refractivity contribution in [3.8, 4) is 5.75 Å². The number of aromatic nitrogens is 1. The van der Waals surface area contributed by atoms with E-state index in [1.807, 2.05) is 75.5 Å². The number of benzene rings is 2. The van der Waals surface area contributed by atoms with Gasteiger partial charge in [0.15, 0.2) is 6.61 Å². The maximum absolute atomic E-state index is 12.1. The summed E-state index contributed by atoms with van der Waals surface area (Å²) in [6, 6.07) is 15.2. The fourth-order valence-electron chi connectivity index (χ4n) is 3.58. The third-order valence-electron chi connectivity index (χ3n) is 5.32. The monoisotopic (exact) mass is 437 g/mol. The molecule has 0 aliphatic rings. The highest BCUT2D eigenvalue weighted by atomic mass is 16.5. The lowest BCUT2D eigenvalue weighted by Gasteiger charge is -2.18. The minimum Gasteiger partial charge on any atom is -0.484 e. The minimum absolute atomic E-state index is 0.0206. The predicted molar refractivity (Wildman–Crippen MR) is 125 cm³/mol. The molecule has 2 aromatic carbocycles. The Hall–Kier alpha value is -3.48. The second-order valence-electron chi connectivity index (χ2n) is 7.69. The van der Waals surface area contributed by atoms with Crippen LogP contribution in [0.2, 0.25) is 0 Å². The molecule has 0 bridgehead atoms. The average molecular weight is 438 g/mol. The van der Waals surface area contributed by atoms with Crippen LogP contribution in [0.1, 0.15) is 31.9 Å². The highest BCUT2D eigenvalue weighted by Crippen LogP contribution is 2.24. The van der Waals surface area contributed by atoms with E-state index in [9.17, 15) is 9.59 Å². The van der Waals surface area contributed by atoms with Gasteiger partial charge in [0.2, 0.25) is 0 Å². The fourth-order valence-corrected chi connectivity index (χ4v) is 3.58.